The number of anilines is 2. The molecule has 0 aromatic carbocycles. The third-order valence-electron chi connectivity index (χ3n) is 2.19. The normalized spacial score (nSPS) is 10.1. The van der Waals surface area contributed by atoms with E-state index in [0.717, 1.165) is 5.56 Å². The molecule has 0 aliphatic carbocycles. The largest absolute Gasteiger partial charge is 0.397 e. The minimum Gasteiger partial charge on any atom is -0.397 e. The maximum Gasteiger partial charge on any atom is 0.267 e. The number of pyridine rings is 1. The first-order valence-electron chi connectivity index (χ1n) is 4.73. The molecule has 0 atom stereocenters. The van der Waals surface area contributed by atoms with Crippen molar-refractivity contribution in [2.75, 3.05) is 11.1 Å². The summed E-state index contributed by atoms with van der Waals surface area (Å²) in [6.45, 7) is 1.91. The third kappa shape index (κ3) is 2.04. The number of hydrogen-bond donors (Lipinski definition) is 2. The quantitative estimate of drug-likeness (QED) is 0.836. The van der Waals surface area contributed by atoms with Crippen molar-refractivity contribution < 1.29 is 4.79 Å². The number of nitrogens with one attached hydrogen (secondary N) is 1. The molecule has 0 saturated heterocycles. The predicted octanol–water partition coefficient (Wildman–Crippen LogP) is 2.29. The minimum atomic E-state index is -0.191. The number of aryl methyl sites for hydroxylation is 1. The van der Waals surface area contributed by atoms with Crippen LogP contribution in [0.4, 0.5) is 11.4 Å². The Bertz CT molecular complexity index is 521. The Morgan fingerprint density at radius 3 is 2.94 bits per heavy atom. The Hall–Kier alpha value is -1.88. The van der Waals surface area contributed by atoms with Crippen LogP contribution in [-0.4, -0.2) is 10.9 Å². The lowest BCUT2D eigenvalue weighted by molar-refractivity contribution is 0.103. The molecule has 4 nitrogen and oxygen atoms in total. The molecule has 0 aliphatic rings. The van der Waals surface area contributed by atoms with E-state index in [9.17, 15) is 4.79 Å². The summed E-state index contributed by atoms with van der Waals surface area (Å²) < 4.78 is 0. The van der Waals surface area contributed by atoms with Crippen LogP contribution in [0.2, 0.25) is 0 Å². The molecule has 82 valence electrons. The number of carbonyl (C=O) groups is 1. The van der Waals surface area contributed by atoms with Crippen LogP contribution in [0.3, 0.4) is 0 Å². The smallest absolute Gasteiger partial charge is 0.267 e. The molecule has 16 heavy (non-hydrogen) atoms. The second kappa shape index (κ2) is 4.32. The van der Waals surface area contributed by atoms with Crippen molar-refractivity contribution in [2.45, 2.75) is 6.92 Å². The van der Waals surface area contributed by atoms with Gasteiger partial charge in [0.2, 0.25) is 0 Å². The van der Waals surface area contributed by atoms with Crippen LogP contribution in [-0.2, 0) is 0 Å². The topological polar surface area (TPSA) is 68.0 Å². The van der Waals surface area contributed by atoms with E-state index in [1.54, 1.807) is 23.8 Å². The van der Waals surface area contributed by atoms with Crippen LogP contribution in [0.25, 0.3) is 0 Å². The maximum atomic E-state index is 11.8. The zero-order chi connectivity index (χ0) is 11.5. The van der Waals surface area contributed by atoms with E-state index in [0.29, 0.717) is 16.3 Å². The van der Waals surface area contributed by atoms with Crippen LogP contribution < -0.4 is 11.1 Å². The van der Waals surface area contributed by atoms with Gasteiger partial charge in [0, 0.05) is 6.20 Å². The fourth-order valence-electron chi connectivity index (χ4n) is 1.28. The van der Waals surface area contributed by atoms with Crippen LogP contribution in [0, 0.1) is 6.92 Å². The minimum absolute atomic E-state index is 0.191. The number of thiophene rings is 1. The lowest BCUT2D eigenvalue weighted by Crippen LogP contribution is -2.12. The highest BCUT2D eigenvalue weighted by Crippen LogP contribution is 2.21. The van der Waals surface area contributed by atoms with Gasteiger partial charge >= 0.3 is 0 Å². The van der Waals surface area contributed by atoms with Gasteiger partial charge in [0.1, 0.15) is 4.88 Å². The van der Waals surface area contributed by atoms with Crippen molar-refractivity contribution in [3.05, 3.63) is 40.3 Å². The third-order valence-corrected chi connectivity index (χ3v) is 3.12. The summed E-state index contributed by atoms with van der Waals surface area (Å²) in [5.74, 6) is -0.191. The molecule has 2 rings (SSSR count). The molecule has 0 fully saturated rings. The summed E-state index contributed by atoms with van der Waals surface area (Å²) >= 11 is 1.33. The Labute approximate surface area is 97.1 Å². The molecular formula is C11H11N3OS. The summed E-state index contributed by atoms with van der Waals surface area (Å²) in [5, 5.41) is 4.57. The highest BCUT2D eigenvalue weighted by molar-refractivity contribution is 7.12. The van der Waals surface area contributed by atoms with E-state index < -0.39 is 0 Å². The van der Waals surface area contributed by atoms with Crippen molar-refractivity contribution >= 4 is 28.6 Å². The molecule has 0 bridgehead atoms. The summed E-state index contributed by atoms with van der Waals surface area (Å²) in [6.07, 6.45) is 3.31. The van der Waals surface area contributed by atoms with Crippen molar-refractivity contribution in [3.8, 4) is 0 Å². The van der Waals surface area contributed by atoms with Gasteiger partial charge in [-0.05, 0) is 30.0 Å². The van der Waals surface area contributed by atoms with Gasteiger partial charge in [-0.25, -0.2) is 0 Å². The molecule has 0 unspecified atom stereocenters. The van der Waals surface area contributed by atoms with E-state index in [4.69, 9.17) is 5.73 Å². The predicted molar refractivity (Wildman–Crippen MR) is 65.7 cm³/mol. The fourth-order valence-corrected chi connectivity index (χ4v) is 1.99. The average molecular weight is 233 g/mol. The van der Waals surface area contributed by atoms with E-state index in [-0.39, 0.29) is 5.91 Å². The lowest BCUT2D eigenvalue weighted by Gasteiger charge is -2.06. The van der Waals surface area contributed by atoms with E-state index >= 15 is 0 Å². The van der Waals surface area contributed by atoms with Gasteiger partial charge < -0.3 is 11.1 Å². The van der Waals surface area contributed by atoms with Gasteiger partial charge in [-0.3, -0.25) is 9.78 Å². The monoisotopic (exact) mass is 233 g/mol. The number of rotatable bonds is 2. The van der Waals surface area contributed by atoms with E-state index in [1.807, 2.05) is 13.0 Å². The number of aromatic nitrogens is 1. The number of amides is 1. The van der Waals surface area contributed by atoms with Gasteiger partial charge in [0.15, 0.2) is 0 Å². The van der Waals surface area contributed by atoms with Crippen LogP contribution in [0.5, 0.6) is 0 Å². The number of nitrogens with two attached hydrogens (primary N) is 1. The molecule has 0 spiro atoms. The van der Waals surface area contributed by atoms with Crippen molar-refractivity contribution in [1.82, 2.24) is 4.98 Å². The first kappa shape index (κ1) is 10.6. The van der Waals surface area contributed by atoms with Crippen LogP contribution in [0.15, 0.2) is 29.9 Å². The van der Waals surface area contributed by atoms with E-state index in [2.05, 4.69) is 10.3 Å². The molecule has 0 aliphatic heterocycles. The summed E-state index contributed by atoms with van der Waals surface area (Å²) in [5.41, 5.74) is 7.85. The zero-order valence-corrected chi connectivity index (χ0v) is 9.54. The number of nitrogen functional groups attached to an aromatic ring is 1. The summed E-state index contributed by atoms with van der Waals surface area (Å²) in [4.78, 5) is 16.3. The zero-order valence-electron chi connectivity index (χ0n) is 8.73. The first-order valence-corrected chi connectivity index (χ1v) is 5.61. The highest BCUT2D eigenvalue weighted by Gasteiger charge is 2.12. The second-order valence-corrected chi connectivity index (χ2v) is 4.27. The van der Waals surface area contributed by atoms with Crippen molar-refractivity contribution in [2.24, 2.45) is 0 Å². The maximum absolute atomic E-state index is 11.8. The molecule has 5 heteroatoms. The van der Waals surface area contributed by atoms with Crippen molar-refractivity contribution in [1.29, 1.82) is 0 Å². The van der Waals surface area contributed by atoms with Crippen LogP contribution in [0.1, 0.15) is 15.2 Å². The van der Waals surface area contributed by atoms with Gasteiger partial charge in [0.25, 0.3) is 5.91 Å². The molecule has 0 saturated carbocycles. The molecular weight excluding hydrogens is 222 g/mol. The molecule has 2 aromatic rings. The number of hydrogen-bond acceptors (Lipinski definition) is 4. The standard InChI is InChI=1S/C11H11N3OS/c1-7-2-4-13-6-9(7)14-11(15)10-8(12)3-5-16-10/h2-6H,12H2,1H3,(H,14,15). The van der Waals surface area contributed by atoms with Gasteiger partial charge in [-0.1, -0.05) is 0 Å². The van der Waals surface area contributed by atoms with Gasteiger partial charge in [-0.15, -0.1) is 11.3 Å². The molecule has 0 radical (unpaired) electrons. The lowest BCUT2D eigenvalue weighted by atomic mass is 10.2. The summed E-state index contributed by atoms with van der Waals surface area (Å²) in [7, 11) is 0. The molecule has 3 N–H and O–H groups in total. The fraction of sp³-hybridized carbons (Fsp3) is 0.0909. The Morgan fingerprint density at radius 1 is 1.50 bits per heavy atom. The van der Waals surface area contributed by atoms with Gasteiger partial charge in [-0.2, -0.15) is 0 Å². The Kier molecular flexibility index (Phi) is 2.87. The van der Waals surface area contributed by atoms with Crippen molar-refractivity contribution in [3.63, 3.8) is 0 Å². The molecule has 2 heterocycles. The Morgan fingerprint density at radius 2 is 2.31 bits per heavy atom. The molecule has 1 amide bonds. The summed E-state index contributed by atoms with van der Waals surface area (Å²) in [6, 6.07) is 3.56. The number of carbonyl (C=O) groups excluding carboxylic acids is 1. The molecule has 2 aromatic heterocycles. The van der Waals surface area contributed by atoms with Gasteiger partial charge in [0.05, 0.1) is 17.6 Å². The first-order chi connectivity index (χ1) is 7.68. The SMILES string of the molecule is Cc1ccncc1NC(=O)c1sccc1N. The second-order valence-electron chi connectivity index (χ2n) is 3.35. The average Bonchev–Trinajstić information content (AvgIpc) is 2.68. The highest BCUT2D eigenvalue weighted by atomic mass is 32.1. The van der Waals surface area contributed by atoms with Crippen LogP contribution >= 0.6 is 11.3 Å². The van der Waals surface area contributed by atoms with E-state index in [1.165, 1.54) is 11.3 Å². The Balaban J connectivity index is 2.21. The number of nitrogens with zero attached hydrogens (tertiary/aromatic N) is 1.